The standard InChI is InChI=1S/C12H17BFNO2/c1-8-6-15-7-9(10(8)14)13-16-11(2,3)12(4,5)17-13/h6-7H,1-5H3. The molecule has 1 fully saturated rings. The number of rotatable bonds is 1. The topological polar surface area (TPSA) is 31.4 Å². The molecule has 1 aromatic heterocycles. The fraction of sp³-hybridized carbons (Fsp3) is 0.583. The highest BCUT2D eigenvalue weighted by Gasteiger charge is 2.52. The van der Waals surface area contributed by atoms with Gasteiger partial charge in [0.25, 0.3) is 0 Å². The fourth-order valence-corrected chi connectivity index (χ4v) is 1.70. The number of hydrogen-bond acceptors (Lipinski definition) is 3. The van der Waals surface area contributed by atoms with Gasteiger partial charge in [0.05, 0.1) is 11.2 Å². The molecule has 0 atom stereocenters. The van der Waals surface area contributed by atoms with E-state index in [1.807, 2.05) is 27.7 Å². The molecule has 0 radical (unpaired) electrons. The summed E-state index contributed by atoms with van der Waals surface area (Å²) in [6.45, 7) is 9.43. The van der Waals surface area contributed by atoms with Crippen molar-refractivity contribution in [2.75, 3.05) is 0 Å². The third-order valence-electron chi connectivity index (χ3n) is 3.59. The van der Waals surface area contributed by atoms with Crippen LogP contribution in [-0.4, -0.2) is 23.3 Å². The highest BCUT2D eigenvalue weighted by molar-refractivity contribution is 6.62. The molecule has 0 aliphatic carbocycles. The molecule has 0 amide bonds. The Bertz CT molecular complexity index is 432. The fourth-order valence-electron chi connectivity index (χ4n) is 1.70. The normalized spacial score (nSPS) is 21.9. The molecule has 3 nitrogen and oxygen atoms in total. The third-order valence-corrected chi connectivity index (χ3v) is 3.59. The van der Waals surface area contributed by atoms with Gasteiger partial charge in [-0.2, -0.15) is 0 Å². The highest BCUT2D eigenvalue weighted by atomic mass is 19.1. The summed E-state index contributed by atoms with van der Waals surface area (Å²) < 4.78 is 25.5. The largest absolute Gasteiger partial charge is 0.499 e. The van der Waals surface area contributed by atoms with Crippen molar-refractivity contribution in [3.8, 4) is 0 Å². The monoisotopic (exact) mass is 237 g/mol. The van der Waals surface area contributed by atoms with Crippen LogP contribution in [0.3, 0.4) is 0 Å². The summed E-state index contributed by atoms with van der Waals surface area (Å²) in [6.07, 6.45) is 2.95. The van der Waals surface area contributed by atoms with Gasteiger partial charge < -0.3 is 9.31 Å². The Morgan fingerprint density at radius 2 is 1.65 bits per heavy atom. The zero-order chi connectivity index (χ0) is 12.8. The molecule has 0 spiro atoms. The van der Waals surface area contributed by atoms with Crippen LogP contribution in [0.4, 0.5) is 4.39 Å². The maximum atomic E-state index is 14.0. The van der Waals surface area contributed by atoms with Crippen LogP contribution >= 0.6 is 0 Å². The average Bonchev–Trinajstić information content (AvgIpc) is 2.40. The van der Waals surface area contributed by atoms with Gasteiger partial charge in [-0.25, -0.2) is 4.39 Å². The van der Waals surface area contributed by atoms with Gasteiger partial charge in [0.2, 0.25) is 0 Å². The van der Waals surface area contributed by atoms with E-state index >= 15 is 0 Å². The van der Waals surface area contributed by atoms with E-state index in [2.05, 4.69) is 4.98 Å². The summed E-state index contributed by atoms with van der Waals surface area (Å²) in [4.78, 5) is 3.99. The number of aromatic nitrogens is 1. The molecule has 1 aliphatic heterocycles. The van der Waals surface area contributed by atoms with Crippen LogP contribution in [0.2, 0.25) is 0 Å². The molecular formula is C12H17BFNO2. The minimum atomic E-state index is -0.688. The molecule has 2 rings (SSSR count). The summed E-state index contributed by atoms with van der Waals surface area (Å²) in [5, 5.41) is 0. The molecular weight excluding hydrogens is 220 g/mol. The molecule has 17 heavy (non-hydrogen) atoms. The highest BCUT2D eigenvalue weighted by Crippen LogP contribution is 2.36. The molecule has 0 saturated carbocycles. The van der Waals surface area contributed by atoms with Crippen LogP contribution in [0.25, 0.3) is 0 Å². The van der Waals surface area contributed by atoms with Crippen molar-refractivity contribution in [3.05, 3.63) is 23.8 Å². The van der Waals surface area contributed by atoms with Crippen LogP contribution in [-0.2, 0) is 9.31 Å². The number of pyridine rings is 1. The minimum Gasteiger partial charge on any atom is -0.399 e. The molecule has 0 unspecified atom stereocenters. The van der Waals surface area contributed by atoms with Gasteiger partial charge in [-0.1, -0.05) is 0 Å². The first kappa shape index (κ1) is 12.5. The van der Waals surface area contributed by atoms with Crippen LogP contribution < -0.4 is 5.46 Å². The van der Waals surface area contributed by atoms with Gasteiger partial charge in [0, 0.05) is 23.4 Å². The van der Waals surface area contributed by atoms with Crippen LogP contribution in [0.1, 0.15) is 33.3 Å². The summed E-state index contributed by atoms with van der Waals surface area (Å²) in [7, 11) is -0.688. The first-order chi connectivity index (χ1) is 7.74. The lowest BCUT2D eigenvalue weighted by molar-refractivity contribution is 0.00578. The van der Waals surface area contributed by atoms with Gasteiger partial charge in [0.1, 0.15) is 5.82 Å². The zero-order valence-electron chi connectivity index (χ0n) is 10.9. The Hall–Kier alpha value is -0.935. The van der Waals surface area contributed by atoms with Crippen molar-refractivity contribution >= 4 is 12.6 Å². The van der Waals surface area contributed by atoms with E-state index in [1.165, 1.54) is 12.4 Å². The maximum absolute atomic E-state index is 14.0. The summed E-state index contributed by atoms with van der Waals surface area (Å²) in [5.74, 6) is -0.307. The predicted molar refractivity (Wildman–Crippen MR) is 64.6 cm³/mol. The molecule has 0 bridgehead atoms. The van der Waals surface area contributed by atoms with Crippen molar-refractivity contribution in [3.63, 3.8) is 0 Å². The molecule has 1 aromatic rings. The number of halogens is 1. The van der Waals surface area contributed by atoms with E-state index in [9.17, 15) is 4.39 Å². The van der Waals surface area contributed by atoms with Gasteiger partial charge in [-0.15, -0.1) is 0 Å². The van der Waals surface area contributed by atoms with E-state index in [0.29, 0.717) is 11.0 Å². The molecule has 92 valence electrons. The van der Waals surface area contributed by atoms with Gasteiger partial charge in [0.15, 0.2) is 0 Å². The van der Waals surface area contributed by atoms with E-state index in [1.54, 1.807) is 6.92 Å². The lowest BCUT2D eigenvalue weighted by atomic mass is 9.79. The first-order valence-electron chi connectivity index (χ1n) is 5.70. The second-order valence-electron chi connectivity index (χ2n) is 5.45. The maximum Gasteiger partial charge on any atom is 0.499 e. The zero-order valence-corrected chi connectivity index (χ0v) is 10.9. The van der Waals surface area contributed by atoms with Gasteiger partial charge >= 0.3 is 7.12 Å². The Balaban J connectivity index is 2.36. The average molecular weight is 237 g/mol. The van der Waals surface area contributed by atoms with Gasteiger partial charge in [-0.3, -0.25) is 4.98 Å². The van der Waals surface area contributed by atoms with E-state index in [4.69, 9.17) is 9.31 Å². The second-order valence-corrected chi connectivity index (χ2v) is 5.45. The second kappa shape index (κ2) is 3.78. The summed E-state index contributed by atoms with van der Waals surface area (Å²) in [6, 6.07) is 0. The van der Waals surface area contributed by atoms with Crippen LogP contribution in [0.5, 0.6) is 0 Å². The summed E-state index contributed by atoms with van der Waals surface area (Å²) in [5.41, 5.74) is -0.0670. The predicted octanol–water partition coefficient (Wildman–Crippen LogP) is 1.83. The van der Waals surface area contributed by atoms with E-state index < -0.39 is 18.3 Å². The van der Waals surface area contributed by atoms with Crippen molar-refractivity contribution in [2.45, 2.75) is 45.8 Å². The van der Waals surface area contributed by atoms with Crippen molar-refractivity contribution in [1.29, 1.82) is 0 Å². The van der Waals surface area contributed by atoms with Crippen molar-refractivity contribution < 1.29 is 13.7 Å². The quantitative estimate of drug-likeness (QED) is 0.698. The molecule has 2 heterocycles. The first-order valence-corrected chi connectivity index (χ1v) is 5.70. The Kier molecular flexibility index (Phi) is 2.79. The molecule has 0 N–H and O–H groups in total. The van der Waals surface area contributed by atoms with Crippen LogP contribution in [0, 0.1) is 12.7 Å². The molecule has 1 aliphatic rings. The Morgan fingerprint density at radius 3 is 2.18 bits per heavy atom. The van der Waals surface area contributed by atoms with Crippen LogP contribution in [0.15, 0.2) is 12.4 Å². The van der Waals surface area contributed by atoms with E-state index in [-0.39, 0.29) is 5.82 Å². The lowest BCUT2D eigenvalue weighted by Crippen LogP contribution is -2.41. The lowest BCUT2D eigenvalue weighted by Gasteiger charge is -2.32. The summed E-state index contributed by atoms with van der Waals surface area (Å²) >= 11 is 0. The number of hydrogen-bond donors (Lipinski definition) is 0. The van der Waals surface area contributed by atoms with Gasteiger partial charge in [-0.05, 0) is 34.6 Å². The minimum absolute atomic E-state index is 0.307. The van der Waals surface area contributed by atoms with E-state index in [0.717, 1.165) is 0 Å². The number of aryl methyl sites for hydroxylation is 1. The molecule has 5 heteroatoms. The van der Waals surface area contributed by atoms with Crippen molar-refractivity contribution in [1.82, 2.24) is 4.98 Å². The molecule has 0 aromatic carbocycles. The molecule has 1 saturated heterocycles. The Labute approximate surface area is 101 Å². The third kappa shape index (κ3) is 1.98. The van der Waals surface area contributed by atoms with Crippen molar-refractivity contribution in [2.24, 2.45) is 0 Å². The SMILES string of the molecule is Cc1cncc(B2OC(C)(C)C(C)(C)O2)c1F. The Morgan fingerprint density at radius 1 is 1.12 bits per heavy atom. The smallest absolute Gasteiger partial charge is 0.399 e. The number of nitrogens with zero attached hydrogens (tertiary/aromatic N) is 1.